The summed E-state index contributed by atoms with van der Waals surface area (Å²) in [6.07, 6.45) is -2.92. The zero-order valence-electron chi connectivity index (χ0n) is 13.6. The van der Waals surface area contributed by atoms with Gasteiger partial charge in [0.1, 0.15) is 0 Å². The SMILES string of the molecule is [B]C(C)(C1CNc2ccc(CC(F)(F)F)cc21)[C@H]1CCCN1C. The summed E-state index contributed by atoms with van der Waals surface area (Å²) < 4.78 is 38.0. The molecule has 2 aliphatic rings. The molecule has 1 fully saturated rings. The summed E-state index contributed by atoms with van der Waals surface area (Å²) in [5, 5.41) is 2.83. The molecule has 2 heterocycles. The van der Waals surface area contributed by atoms with Gasteiger partial charge >= 0.3 is 6.18 Å². The number of fused-ring (bicyclic) bond motifs is 1. The quantitative estimate of drug-likeness (QED) is 0.853. The molecule has 1 aromatic rings. The van der Waals surface area contributed by atoms with Crippen molar-refractivity contribution in [2.24, 2.45) is 0 Å². The maximum Gasteiger partial charge on any atom is 0.393 e. The van der Waals surface area contributed by atoms with Crippen LogP contribution in [0.25, 0.3) is 0 Å². The van der Waals surface area contributed by atoms with Crippen LogP contribution < -0.4 is 5.32 Å². The highest BCUT2D eigenvalue weighted by Crippen LogP contribution is 2.51. The van der Waals surface area contributed by atoms with Gasteiger partial charge in [0.15, 0.2) is 0 Å². The van der Waals surface area contributed by atoms with Gasteiger partial charge in [-0.25, -0.2) is 0 Å². The molecule has 23 heavy (non-hydrogen) atoms. The summed E-state index contributed by atoms with van der Waals surface area (Å²) >= 11 is 0. The van der Waals surface area contributed by atoms with Gasteiger partial charge < -0.3 is 10.2 Å². The maximum atomic E-state index is 12.7. The topological polar surface area (TPSA) is 15.3 Å². The average molecular weight is 322 g/mol. The molecular weight excluding hydrogens is 300 g/mol. The van der Waals surface area contributed by atoms with E-state index in [1.165, 1.54) is 0 Å². The fourth-order valence-corrected chi connectivity index (χ4v) is 4.21. The number of benzene rings is 1. The lowest BCUT2D eigenvalue weighted by Gasteiger charge is -2.41. The van der Waals surface area contributed by atoms with Crippen LogP contribution in [0.15, 0.2) is 18.2 Å². The Morgan fingerprint density at radius 3 is 2.70 bits per heavy atom. The third-order valence-corrected chi connectivity index (χ3v) is 5.38. The molecule has 0 spiro atoms. The molecule has 0 amide bonds. The molecule has 2 aliphatic heterocycles. The lowest BCUT2D eigenvalue weighted by molar-refractivity contribution is -0.127. The van der Waals surface area contributed by atoms with Crippen LogP contribution in [0.1, 0.15) is 36.8 Å². The molecule has 6 heteroatoms. The summed E-state index contributed by atoms with van der Waals surface area (Å²) in [5.41, 5.74) is 2.15. The first-order chi connectivity index (χ1) is 10.7. The third kappa shape index (κ3) is 3.23. The van der Waals surface area contributed by atoms with Gasteiger partial charge in [0.2, 0.25) is 0 Å². The van der Waals surface area contributed by atoms with E-state index in [2.05, 4.69) is 17.3 Å². The van der Waals surface area contributed by atoms with Crippen LogP contribution in [0.2, 0.25) is 5.31 Å². The summed E-state index contributed by atoms with van der Waals surface area (Å²) in [4.78, 5) is 2.28. The molecule has 3 atom stereocenters. The number of likely N-dealkylation sites (tertiary alicyclic amines) is 1. The Bertz CT molecular complexity index is 586. The predicted molar refractivity (Wildman–Crippen MR) is 87.2 cm³/mol. The van der Waals surface area contributed by atoms with Crippen molar-refractivity contribution in [3.05, 3.63) is 29.3 Å². The standard InChI is InChI=1S/C17H22BF3N2/c1-16(18,15-4-3-7-23(15)2)13-10-22-14-6-5-11(8-12(13)14)9-17(19,20)21/h5-6,8,13,15,22H,3-4,7,9-10H2,1-2H3/t13?,15-,16?/m1/s1. The molecule has 2 nitrogen and oxygen atoms in total. The molecule has 0 bridgehead atoms. The minimum Gasteiger partial charge on any atom is -0.384 e. The van der Waals surface area contributed by atoms with Crippen molar-refractivity contribution in [1.29, 1.82) is 0 Å². The zero-order chi connectivity index (χ0) is 16.8. The van der Waals surface area contributed by atoms with Crippen molar-refractivity contribution >= 4 is 13.5 Å². The number of rotatable bonds is 3. The summed E-state index contributed by atoms with van der Waals surface area (Å²) in [5.74, 6) is 0.0243. The summed E-state index contributed by atoms with van der Waals surface area (Å²) in [6, 6.07) is 5.25. The van der Waals surface area contributed by atoms with Crippen LogP contribution in [0, 0.1) is 0 Å². The molecule has 1 saturated heterocycles. The molecule has 0 saturated carbocycles. The Morgan fingerprint density at radius 2 is 2.09 bits per heavy atom. The predicted octanol–water partition coefficient (Wildman–Crippen LogP) is 3.74. The maximum absolute atomic E-state index is 12.7. The van der Waals surface area contributed by atoms with Gasteiger partial charge in [-0.05, 0) is 48.9 Å². The van der Waals surface area contributed by atoms with Crippen LogP contribution in [0.5, 0.6) is 0 Å². The van der Waals surface area contributed by atoms with E-state index in [0.717, 1.165) is 30.6 Å². The van der Waals surface area contributed by atoms with Gasteiger partial charge in [-0.2, -0.15) is 13.2 Å². The second kappa shape index (κ2) is 5.73. The third-order valence-electron chi connectivity index (χ3n) is 5.38. The molecule has 2 radical (unpaired) electrons. The number of alkyl halides is 3. The number of hydrogen-bond donors (Lipinski definition) is 1. The number of nitrogens with zero attached hydrogens (tertiary/aromatic N) is 1. The lowest BCUT2D eigenvalue weighted by atomic mass is 9.56. The van der Waals surface area contributed by atoms with Crippen LogP contribution >= 0.6 is 0 Å². The molecule has 0 aliphatic carbocycles. The van der Waals surface area contributed by atoms with E-state index in [1.54, 1.807) is 18.2 Å². The van der Waals surface area contributed by atoms with Crippen LogP contribution in [0.4, 0.5) is 18.9 Å². The van der Waals surface area contributed by atoms with E-state index < -0.39 is 17.9 Å². The molecule has 3 rings (SSSR count). The van der Waals surface area contributed by atoms with Crippen molar-refractivity contribution in [2.45, 2.75) is 49.6 Å². The zero-order valence-corrected chi connectivity index (χ0v) is 13.6. The van der Waals surface area contributed by atoms with Crippen LogP contribution in [-0.4, -0.2) is 45.1 Å². The lowest BCUT2D eigenvalue weighted by Crippen LogP contribution is -2.40. The van der Waals surface area contributed by atoms with Gasteiger partial charge in [0.25, 0.3) is 0 Å². The summed E-state index contributed by atoms with van der Waals surface area (Å²) in [6.45, 7) is 3.75. The van der Waals surface area contributed by atoms with E-state index in [1.807, 2.05) is 6.92 Å². The largest absolute Gasteiger partial charge is 0.393 e. The minimum atomic E-state index is -4.19. The molecule has 124 valence electrons. The monoisotopic (exact) mass is 322 g/mol. The second-order valence-electron chi connectivity index (χ2n) is 7.15. The van der Waals surface area contributed by atoms with Gasteiger partial charge in [-0.1, -0.05) is 19.1 Å². The number of nitrogens with one attached hydrogen (secondary N) is 1. The van der Waals surface area contributed by atoms with Crippen LogP contribution in [0.3, 0.4) is 0 Å². The van der Waals surface area contributed by atoms with E-state index >= 15 is 0 Å². The van der Waals surface area contributed by atoms with Crippen molar-refractivity contribution in [2.75, 3.05) is 25.5 Å². The highest BCUT2D eigenvalue weighted by molar-refractivity contribution is 6.16. The second-order valence-corrected chi connectivity index (χ2v) is 7.15. The smallest absolute Gasteiger partial charge is 0.384 e. The van der Waals surface area contributed by atoms with Crippen molar-refractivity contribution < 1.29 is 13.2 Å². The number of hydrogen-bond acceptors (Lipinski definition) is 2. The molecule has 1 N–H and O–H groups in total. The van der Waals surface area contributed by atoms with Gasteiger partial charge in [0, 0.05) is 24.2 Å². The normalized spacial score (nSPS) is 27.5. The number of anilines is 1. The Kier molecular flexibility index (Phi) is 4.15. The Balaban J connectivity index is 1.89. The van der Waals surface area contributed by atoms with Gasteiger partial charge in [-0.3, -0.25) is 0 Å². The van der Waals surface area contributed by atoms with E-state index in [0.29, 0.717) is 12.1 Å². The first kappa shape index (κ1) is 16.7. The van der Waals surface area contributed by atoms with Crippen molar-refractivity contribution in [3.8, 4) is 0 Å². The Hall–Kier alpha value is -1.17. The fraction of sp³-hybridized carbons (Fsp3) is 0.647. The van der Waals surface area contributed by atoms with Gasteiger partial charge in [0.05, 0.1) is 14.3 Å². The highest BCUT2D eigenvalue weighted by Gasteiger charge is 2.43. The molecule has 2 unspecified atom stereocenters. The molecular formula is C17H22BF3N2. The van der Waals surface area contributed by atoms with E-state index in [4.69, 9.17) is 7.85 Å². The Morgan fingerprint density at radius 1 is 1.35 bits per heavy atom. The highest BCUT2D eigenvalue weighted by atomic mass is 19.4. The minimum absolute atomic E-state index is 0.0243. The molecule has 0 aromatic heterocycles. The Labute approximate surface area is 136 Å². The van der Waals surface area contributed by atoms with E-state index in [-0.39, 0.29) is 12.0 Å². The van der Waals surface area contributed by atoms with Crippen molar-refractivity contribution in [1.82, 2.24) is 4.90 Å². The number of halogens is 3. The van der Waals surface area contributed by atoms with Gasteiger partial charge in [-0.15, -0.1) is 0 Å². The molecule has 1 aromatic carbocycles. The van der Waals surface area contributed by atoms with Crippen molar-refractivity contribution in [3.63, 3.8) is 0 Å². The summed E-state index contributed by atoms with van der Waals surface area (Å²) in [7, 11) is 8.78. The fourth-order valence-electron chi connectivity index (χ4n) is 4.21. The van der Waals surface area contributed by atoms with Crippen LogP contribution in [-0.2, 0) is 6.42 Å². The average Bonchev–Trinajstić information content (AvgIpc) is 3.02. The first-order valence-corrected chi connectivity index (χ1v) is 8.11. The first-order valence-electron chi connectivity index (χ1n) is 8.11. The van der Waals surface area contributed by atoms with E-state index in [9.17, 15) is 13.2 Å².